The predicted molar refractivity (Wildman–Crippen MR) is 84.5 cm³/mol. The number of aryl methyl sites for hydroxylation is 1. The van der Waals surface area contributed by atoms with Gasteiger partial charge in [0.05, 0.1) is 6.04 Å². The highest BCUT2D eigenvalue weighted by Crippen LogP contribution is 2.34. The quantitative estimate of drug-likeness (QED) is 0.937. The highest BCUT2D eigenvalue weighted by Gasteiger charge is 2.17. The van der Waals surface area contributed by atoms with Crippen LogP contribution in [-0.4, -0.2) is 20.3 Å². The SMILES string of the molecule is CNC(c1ccc(Cl)c(C)c1)c1ccc2c(c1)OCCO2. The molecule has 110 valence electrons. The van der Waals surface area contributed by atoms with Crippen LogP contribution in [0.4, 0.5) is 0 Å². The molecular weight excluding hydrogens is 286 g/mol. The van der Waals surface area contributed by atoms with Crippen molar-refractivity contribution in [3.05, 3.63) is 58.1 Å². The van der Waals surface area contributed by atoms with E-state index < -0.39 is 0 Å². The van der Waals surface area contributed by atoms with Crippen molar-refractivity contribution in [3.8, 4) is 11.5 Å². The molecular formula is C17H18ClNO2. The lowest BCUT2D eigenvalue weighted by atomic mass is 9.97. The van der Waals surface area contributed by atoms with Gasteiger partial charge in [-0.3, -0.25) is 0 Å². The summed E-state index contributed by atoms with van der Waals surface area (Å²) in [7, 11) is 1.95. The van der Waals surface area contributed by atoms with Gasteiger partial charge in [0.25, 0.3) is 0 Å². The van der Waals surface area contributed by atoms with Crippen LogP contribution in [-0.2, 0) is 0 Å². The normalized spacial score (nSPS) is 14.8. The van der Waals surface area contributed by atoms with Crippen molar-refractivity contribution in [1.82, 2.24) is 5.32 Å². The Morgan fingerprint density at radius 1 is 1.00 bits per heavy atom. The van der Waals surface area contributed by atoms with Crippen molar-refractivity contribution in [2.75, 3.05) is 20.3 Å². The maximum absolute atomic E-state index is 6.11. The van der Waals surface area contributed by atoms with Crippen LogP contribution in [0, 0.1) is 6.92 Å². The number of nitrogens with one attached hydrogen (secondary N) is 1. The summed E-state index contributed by atoms with van der Waals surface area (Å²) in [5, 5.41) is 4.14. The molecule has 0 aliphatic carbocycles. The smallest absolute Gasteiger partial charge is 0.161 e. The van der Waals surface area contributed by atoms with E-state index in [1.807, 2.05) is 38.2 Å². The topological polar surface area (TPSA) is 30.5 Å². The molecule has 2 aromatic carbocycles. The standard InChI is InChI=1S/C17H18ClNO2/c1-11-9-12(3-5-14(11)18)17(19-2)13-4-6-15-16(10-13)21-8-7-20-15/h3-6,9-10,17,19H,7-8H2,1-2H3. The first-order chi connectivity index (χ1) is 10.2. The Kier molecular flexibility index (Phi) is 4.04. The summed E-state index contributed by atoms with van der Waals surface area (Å²) in [6.45, 7) is 3.22. The second-order valence-electron chi connectivity index (χ2n) is 5.13. The maximum atomic E-state index is 6.11. The van der Waals surface area contributed by atoms with Gasteiger partial charge in [-0.1, -0.05) is 29.8 Å². The Balaban J connectivity index is 1.97. The first-order valence-electron chi connectivity index (χ1n) is 7.02. The van der Waals surface area contributed by atoms with Gasteiger partial charge in [-0.15, -0.1) is 0 Å². The van der Waals surface area contributed by atoms with Gasteiger partial charge in [-0.05, 0) is 48.9 Å². The van der Waals surface area contributed by atoms with E-state index in [2.05, 4.69) is 17.4 Å². The van der Waals surface area contributed by atoms with Gasteiger partial charge in [-0.25, -0.2) is 0 Å². The lowest BCUT2D eigenvalue weighted by Crippen LogP contribution is -2.19. The molecule has 4 heteroatoms. The molecule has 1 heterocycles. The predicted octanol–water partition coefficient (Wildman–Crippen LogP) is 3.73. The van der Waals surface area contributed by atoms with Gasteiger partial charge in [0.2, 0.25) is 0 Å². The summed E-state index contributed by atoms with van der Waals surface area (Å²) in [4.78, 5) is 0. The lowest BCUT2D eigenvalue weighted by molar-refractivity contribution is 0.171. The van der Waals surface area contributed by atoms with Crippen LogP contribution in [0.5, 0.6) is 11.5 Å². The minimum absolute atomic E-state index is 0.0943. The molecule has 1 N–H and O–H groups in total. The summed E-state index contributed by atoms with van der Waals surface area (Å²) in [6, 6.07) is 12.3. The number of hydrogen-bond acceptors (Lipinski definition) is 3. The van der Waals surface area contributed by atoms with E-state index in [0.717, 1.165) is 27.6 Å². The monoisotopic (exact) mass is 303 g/mol. The highest BCUT2D eigenvalue weighted by molar-refractivity contribution is 6.31. The molecule has 0 aromatic heterocycles. The summed E-state index contributed by atoms with van der Waals surface area (Å²) >= 11 is 6.11. The van der Waals surface area contributed by atoms with Gasteiger partial charge in [0.15, 0.2) is 11.5 Å². The molecule has 0 spiro atoms. The third-order valence-electron chi connectivity index (χ3n) is 3.70. The Morgan fingerprint density at radius 3 is 2.38 bits per heavy atom. The molecule has 0 saturated heterocycles. The molecule has 1 atom stereocenters. The maximum Gasteiger partial charge on any atom is 0.161 e. The Hall–Kier alpha value is -1.71. The molecule has 2 aromatic rings. The number of halogens is 1. The van der Waals surface area contributed by atoms with Gasteiger partial charge < -0.3 is 14.8 Å². The fourth-order valence-corrected chi connectivity index (χ4v) is 2.73. The van der Waals surface area contributed by atoms with Crippen LogP contribution >= 0.6 is 11.6 Å². The number of rotatable bonds is 3. The minimum Gasteiger partial charge on any atom is -0.486 e. The fraction of sp³-hybridized carbons (Fsp3) is 0.294. The molecule has 1 unspecified atom stereocenters. The largest absolute Gasteiger partial charge is 0.486 e. The molecule has 3 nitrogen and oxygen atoms in total. The molecule has 0 fully saturated rings. The van der Waals surface area contributed by atoms with Crippen LogP contribution in [0.2, 0.25) is 5.02 Å². The zero-order chi connectivity index (χ0) is 14.8. The molecule has 0 amide bonds. The molecule has 0 radical (unpaired) electrons. The zero-order valence-electron chi connectivity index (χ0n) is 12.2. The van der Waals surface area contributed by atoms with Crippen LogP contribution in [0.25, 0.3) is 0 Å². The first kappa shape index (κ1) is 14.2. The van der Waals surface area contributed by atoms with E-state index in [1.54, 1.807) is 0 Å². The van der Waals surface area contributed by atoms with Crippen LogP contribution < -0.4 is 14.8 Å². The fourth-order valence-electron chi connectivity index (χ4n) is 2.61. The van der Waals surface area contributed by atoms with E-state index in [1.165, 1.54) is 5.56 Å². The van der Waals surface area contributed by atoms with Crippen molar-refractivity contribution in [2.24, 2.45) is 0 Å². The average molecular weight is 304 g/mol. The van der Waals surface area contributed by atoms with Crippen molar-refractivity contribution >= 4 is 11.6 Å². The van der Waals surface area contributed by atoms with Gasteiger partial charge in [0.1, 0.15) is 13.2 Å². The molecule has 1 aliphatic rings. The molecule has 21 heavy (non-hydrogen) atoms. The van der Waals surface area contributed by atoms with Crippen molar-refractivity contribution in [3.63, 3.8) is 0 Å². The van der Waals surface area contributed by atoms with E-state index in [0.29, 0.717) is 13.2 Å². The van der Waals surface area contributed by atoms with Crippen LogP contribution in [0.3, 0.4) is 0 Å². The Labute approximate surface area is 129 Å². The van der Waals surface area contributed by atoms with Crippen LogP contribution in [0.15, 0.2) is 36.4 Å². The summed E-state index contributed by atoms with van der Waals surface area (Å²) < 4.78 is 11.2. The number of fused-ring (bicyclic) bond motifs is 1. The molecule has 0 saturated carbocycles. The van der Waals surface area contributed by atoms with Gasteiger partial charge in [-0.2, -0.15) is 0 Å². The third kappa shape index (κ3) is 2.85. The zero-order valence-corrected chi connectivity index (χ0v) is 12.9. The van der Waals surface area contributed by atoms with E-state index in [9.17, 15) is 0 Å². The van der Waals surface area contributed by atoms with Crippen molar-refractivity contribution in [2.45, 2.75) is 13.0 Å². The Morgan fingerprint density at radius 2 is 1.67 bits per heavy atom. The van der Waals surface area contributed by atoms with Crippen molar-refractivity contribution in [1.29, 1.82) is 0 Å². The summed E-state index contributed by atoms with van der Waals surface area (Å²) in [5.74, 6) is 1.62. The van der Waals surface area contributed by atoms with Crippen LogP contribution in [0.1, 0.15) is 22.7 Å². The number of ether oxygens (including phenoxy) is 2. The van der Waals surface area contributed by atoms with E-state index in [4.69, 9.17) is 21.1 Å². The van der Waals surface area contributed by atoms with E-state index >= 15 is 0 Å². The first-order valence-corrected chi connectivity index (χ1v) is 7.39. The lowest BCUT2D eigenvalue weighted by Gasteiger charge is -2.22. The average Bonchev–Trinajstić information content (AvgIpc) is 2.51. The minimum atomic E-state index is 0.0943. The summed E-state index contributed by atoms with van der Waals surface area (Å²) in [6.07, 6.45) is 0. The molecule has 1 aliphatic heterocycles. The molecule has 3 rings (SSSR count). The van der Waals surface area contributed by atoms with E-state index in [-0.39, 0.29) is 6.04 Å². The number of benzene rings is 2. The Bertz CT molecular complexity index is 657. The second-order valence-corrected chi connectivity index (χ2v) is 5.54. The highest BCUT2D eigenvalue weighted by atomic mass is 35.5. The number of hydrogen-bond donors (Lipinski definition) is 1. The third-order valence-corrected chi connectivity index (χ3v) is 4.13. The van der Waals surface area contributed by atoms with Gasteiger partial charge >= 0.3 is 0 Å². The summed E-state index contributed by atoms with van der Waals surface area (Å²) in [5.41, 5.74) is 3.39. The molecule has 0 bridgehead atoms. The van der Waals surface area contributed by atoms with Gasteiger partial charge in [0, 0.05) is 5.02 Å². The van der Waals surface area contributed by atoms with Crippen molar-refractivity contribution < 1.29 is 9.47 Å². The second kappa shape index (κ2) is 5.96.